The van der Waals surface area contributed by atoms with Crippen LogP contribution in [0.15, 0.2) is 30.4 Å². The molecule has 2 atom stereocenters. The van der Waals surface area contributed by atoms with E-state index in [9.17, 15) is 14.4 Å². The van der Waals surface area contributed by atoms with E-state index in [0.29, 0.717) is 43.2 Å². The summed E-state index contributed by atoms with van der Waals surface area (Å²) in [5.41, 5.74) is 0.539. The van der Waals surface area contributed by atoms with Crippen LogP contribution in [-0.2, 0) is 14.4 Å². The third-order valence-electron chi connectivity index (χ3n) is 4.93. The Labute approximate surface area is 150 Å². The van der Waals surface area contributed by atoms with E-state index >= 15 is 0 Å². The van der Waals surface area contributed by atoms with Crippen molar-refractivity contribution in [2.24, 2.45) is 11.8 Å². The van der Waals surface area contributed by atoms with Crippen molar-refractivity contribution in [3.8, 4) is 11.5 Å². The van der Waals surface area contributed by atoms with E-state index in [1.807, 2.05) is 12.2 Å². The summed E-state index contributed by atoms with van der Waals surface area (Å²) in [4.78, 5) is 38.3. The van der Waals surface area contributed by atoms with Crippen LogP contribution in [-0.4, -0.2) is 42.4 Å². The summed E-state index contributed by atoms with van der Waals surface area (Å²) < 4.78 is 11.2. The van der Waals surface area contributed by atoms with Crippen molar-refractivity contribution in [3.63, 3.8) is 0 Å². The zero-order valence-electron chi connectivity index (χ0n) is 14.3. The molecule has 3 aliphatic rings. The van der Waals surface area contributed by atoms with Gasteiger partial charge in [-0.05, 0) is 25.0 Å². The number of ether oxygens (including phenoxy) is 2. The number of anilines is 1. The second kappa shape index (κ2) is 6.82. The normalized spacial score (nSPS) is 24.2. The van der Waals surface area contributed by atoms with Gasteiger partial charge >= 0.3 is 0 Å². The second-order valence-electron chi connectivity index (χ2n) is 6.68. The zero-order chi connectivity index (χ0) is 18.1. The van der Waals surface area contributed by atoms with Gasteiger partial charge in [0, 0.05) is 18.2 Å². The molecule has 1 fully saturated rings. The van der Waals surface area contributed by atoms with E-state index in [0.717, 1.165) is 11.3 Å². The predicted octanol–water partition coefficient (Wildman–Crippen LogP) is 1.74. The second-order valence-corrected chi connectivity index (χ2v) is 6.68. The topological polar surface area (TPSA) is 84.9 Å². The van der Waals surface area contributed by atoms with Crippen LogP contribution in [0.1, 0.15) is 19.3 Å². The van der Waals surface area contributed by atoms with E-state index in [1.54, 1.807) is 18.2 Å². The smallest absolute Gasteiger partial charge is 0.244 e. The molecule has 1 aromatic carbocycles. The Morgan fingerprint density at radius 1 is 1.04 bits per heavy atom. The summed E-state index contributed by atoms with van der Waals surface area (Å²) in [6, 6.07) is 5.14. The van der Waals surface area contributed by atoms with Gasteiger partial charge in [-0.15, -0.1) is 0 Å². The number of imide groups is 1. The van der Waals surface area contributed by atoms with E-state index in [1.165, 1.54) is 0 Å². The van der Waals surface area contributed by atoms with Gasteiger partial charge in [0.05, 0.1) is 25.0 Å². The molecule has 0 unspecified atom stereocenters. The third-order valence-corrected chi connectivity index (χ3v) is 4.93. The maximum Gasteiger partial charge on any atom is 0.244 e. The number of nitrogens with one attached hydrogen (secondary N) is 1. The van der Waals surface area contributed by atoms with Gasteiger partial charge < -0.3 is 14.8 Å². The molecule has 7 heteroatoms. The van der Waals surface area contributed by atoms with Crippen LogP contribution in [0.5, 0.6) is 11.5 Å². The monoisotopic (exact) mass is 356 g/mol. The van der Waals surface area contributed by atoms with Crippen LogP contribution in [0.2, 0.25) is 0 Å². The highest BCUT2D eigenvalue weighted by Crippen LogP contribution is 2.35. The van der Waals surface area contributed by atoms with E-state index < -0.39 is 5.91 Å². The molecular weight excluding hydrogens is 336 g/mol. The van der Waals surface area contributed by atoms with E-state index in [-0.39, 0.29) is 30.2 Å². The number of nitrogens with zero attached hydrogens (tertiary/aromatic N) is 1. The number of fused-ring (bicyclic) bond motifs is 2. The molecule has 136 valence electrons. The molecule has 1 saturated heterocycles. The summed E-state index contributed by atoms with van der Waals surface area (Å²) in [6.07, 6.45) is 5.78. The zero-order valence-corrected chi connectivity index (χ0v) is 14.3. The number of allylic oxidation sites excluding steroid dienone is 2. The molecule has 7 nitrogen and oxygen atoms in total. The molecule has 2 heterocycles. The van der Waals surface area contributed by atoms with Gasteiger partial charge in [-0.1, -0.05) is 12.2 Å². The van der Waals surface area contributed by atoms with Gasteiger partial charge in [0.2, 0.25) is 17.7 Å². The Morgan fingerprint density at radius 3 is 2.38 bits per heavy atom. The molecule has 0 bridgehead atoms. The minimum atomic E-state index is -0.409. The molecule has 0 aromatic heterocycles. The highest BCUT2D eigenvalue weighted by atomic mass is 16.5. The fourth-order valence-corrected chi connectivity index (χ4v) is 3.61. The first-order valence-corrected chi connectivity index (χ1v) is 8.83. The van der Waals surface area contributed by atoms with Crippen LogP contribution in [0, 0.1) is 11.8 Å². The molecule has 1 aliphatic carbocycles. The third kappa shape index (κ3) is 3.05. The number of benzene rings is 1. The number of likely N-dealkylation sites (tertiary alicyclic amines) is 1. The minimum Gasteiger partial charge on any atom is -0.490 e. The van der Waals surface area contributed by atoms with Crippen molar-refractivity contribution in [1.82, 2.24) is 4.90 Å². The van der Waals surface area contributed by atoms with Crippen molar-refractivity contribution >= 4 is 23.4 Å². The molecule has 0 spiro atoms. The molecular formula is C19H20N2O5. The summed E-state index contributed by atoms with van der Waals surface area (Å²) in [5, 5.41) is 2.73. The average Bonchev–Trinajstić information content (AvgIpc) is 2.82. The van der Waals surface area contributed by atoms with Crippen LogP contribution >= 0.6 is 0 Å². The standard InChI is InChI=1S/C19H20N2O5/c22-17(11-21-18(23)13-4-1-2-5-14(13)19(21)24)20-12-6-7-15-16(10-12)26-9-3-8-25-15/h1-2,6-7,10,13-14H,3-5,8-9,11H2,(H,20,22)/t13-,14+. The lowest BCUT2D eigenvalue weighted by Crippen LogP contribution is -2.38. The van der Waals surface area contributed by atoms with Crippen LogP contribution in [0.4, 0.5) is 5.69 Å². The SMILES string of the molecule is O=C(CN1C(=O)[C@H]2CC=CC[C@H]2C1=O)Nc1ccc2c(c1)OCCCO2. The molecule has 3 amide bonds. The quantitative estimate of drug-likeness (QED) is 0.659. The van der Waals surface area contributed by atoms with E-state index in [2.05, 4.69) is 5.32 Å². The molecule has 2 aliphatic heterocycles. The molecule has 26 heavy (non-hydrogen) atoms. The fourth-order valence-electron chi connectivity index (χ4n) is 3.61. The minimum absolute atomic E-state index is 0.252. The largest absolute Gasteiger partial charge is 0.490 e. The molecule has 1 aromatic rings. The van der Waals surface area contributed by atoms with Gasteiger partial charge in [-0.3, -0.25) is 19.3 Å². The maximum absolute atomic E-state index is 12.4. The number of carbonyl (C=O) groups is 3. The van der Waals surface area contributed by atoms with Gasteiger partial charge in [-0.25, -0.2) is 0 Å². The first-order valence-electron chi connectivity index (χ1n) is 8.83. The Kier molecular flexibility index (Phi) is 4.36. The van der Waals surface area contributed by atoms with Crippen molar-refractivity contribution < 1.29 is 23.9 Å². The van der Waals surface area contributed by atoms with Gasteiger partial charge in [0.15, 0.2) is 11.5 Å². The number of carbonyl (C=O) groups excluding carboxylic acids is 3. The van der Waals surface area contributed by atoms with Crippen molar-refractivity contribution in [3.05, 3.63) is 30.4 Å². The Hall–Kier alpha value is -2.83. The van der Waals surface area contributed by atoms with Gasteiger partial charge in [0.1, 0.15) is 6.54 Å². The lowest BCUT2D eigenvalue weighted by Gasteiger charge is -2.15. The summed E-state index contributed by atoms with van der Waals surface area (Å²) >= 11 is 0. The van der Waals surface area contributed by atoms with Crippen LogP contribution in [0.3, 0.4) is 0 Å². The van der Waals surface area contributed by atoms with E-state index in [4.69, 9.17) is 9.47 Å². The fraction of sp³-hybridized carbons (Fsp3) is 0.421. The van der Waals surface area contributed by atoms with Gasteiger partial charge in [0.25, 0.3) is 0 Å². The van der Waals surface area contributed by atoms with Crippen LogP contribution in [0.25, 0.3) is 0 Å². The van der Waals surface area contributed by atoms with Crippen molar-refractivity contribution in [2.45, 2.75) is 19.3 Å². The molecule has 0 radical (unpaired) electrons. The molecule has 4 rings (SSSR count). The Bertz CT molecular complexity index is 762. The number of hydrogen-bond donors (Lipinski definition) is 1. The van der Waals surface area contributed by atoms with Gasteiger partial charge in [-0.2, -0.15) is 0 Å². The first-order chi connectivity index (χ1) is 12.6. The first kappa shape index (κ1) is 16.6. The summed E-state index contributed by atoms with van der Waals surface area (Å²) in [6.45, 7) is 0.881. The lowest BCUT2D eigenvalue weighted by molar-refractivity contribution is -0.142. The Balaban J connectivity index is 1.42. The Morgan fingerprint density at radius 2 is 1.69 bits per heavy atom. The highest BCUT2D eigenvalue weighted by Gasteiger charge is 2.47. The molecule has 0 saturated carbocycles. The lowest BCUT2D eigenvalue weighted by atomic mass is 9.85. The number of amides is 3. The summed E-state index contributed by atoms with van der Waals surface area (Å²) in [5.74, 6) is -0.339. The summed E-state index contributed by atoms with van der Waals surface area (Å²) in [7, 11) is 0. The maximum atomic E-state index is 12.4. The van der Waals surface area contributed by atoms with Crippen LogP contribution < -0.4 is 14.8 Å². The number of rotatable bonds is 3. The van der Waals surface area contributed by atoms with Crippen molar-refractivity contribution in [2.75, 3.05) is 25.1 Å². The van der Waals surface area contributed by atoms with Crippen molar-refractivity contribution in [1.29, 1.82) is 0 Å². The molecule has 1 N–H and O–H groups in total. The highest BCUT2D eigenvalue weighted by molar-refractivity contribution is 6.08. The number of hydrogen-bond acceptors (Lipinski definition) is 5. The predicted molar refractivity (Wildman–Crippen MR) is 92.8 cm³/mol. The average molecular weight is 356 g/mol.